The third-order valence-corrected chi connectivity index (χ3v) is 22.1. The summed E-state index contributed by atoms with van der Waals surface area (Å²) in [6, 6.07) is 30.6. The number of benzene rings is 3. The molecule has 3 rings (SSSR count). The molecule has 6 heteroatoms. The molecule has 0 unspecified atom stereocenters. The summed E-state index contributed by atoms with van der Waals surface area (Å²) in [6.45, 7) is 8.54. The molecule has 0 aromatic heterocycles. The Morgan fingerprint density at radius 1 is 0.478 bits per heavy atom. The monoisotopic (exact) mass is 668 g/mol. The van der Waals surface area contributed by atoms with Crippen LogP contribution in [0.1, 0.15) is 99.8 Å². The summed E-state index contributed by atoms with van der Waals surface area (Å²) in [5, 5.41) is 3.22. The number of hydrogen-bond acceptors (Lipinski definition) is 4. The Kier molecular flexibility index (Phi) is 16.1. The van der Waals surface area contributed by atoms with Crippen LogP contribution in [0.5, 0.6) is 0 Å². The summed E-state index contributed by atoms with van der Waals surface area (Å²) in [6.07, 6.45) is 15.0. The topological polar surface area (TPSA) is 52.6 Å². The zero-order valence-corrected chi connectivity index (χ0v) is 31.7. The Labute approximate surface area is 281 Å². The second kappa shape index (κ2) is 18.7. The average molecular weight is 669 g/mol. The molecule has 3 aromatic rings. The molecule has 0 heterocycles. The SMILES string of the molecule is CCCCP(CCCC)(CCCC)(CCCC)OC(C)=O.CCP(OC(C)=O)(c1ccccc1)(c1ccccc1)c1ccccc1. The van der Waals surface area contributed by atoms with Crippen LogP contribution in [0.3, 0.4) is 0 Å². The molecular weight excluding hydrogens is 606 g/mol. The number of carbonyl (C=O) groups is 2. The Morgan fingerprint density at radius 3 is 0.978 bits per heavy atom. The van der Waals surface area contributed by atoms with Crippen molar-refractivity contribution in [1.29, 1.82) is 0 Å². The first-order valence-corrected chi connectivity index (χ1v) is 22.9. The molecule has 0 bridgehead atoms. The molecule has 0 N–H and O–H groups in total. The molecule has 3 aromatic carbocycles. The molecule has 0 saturated carbocycles. The third-order valence-electron chi connectivity index (χ3n) is 9.54. The molecule has 0 aliphatic heterocycles. The van der Waals surface area contributed by atoms with Crippen LogP contribution in [-0.4, -0.2) is 42.7 Å². The van der Waals surface area contributed by atoms with E-state index >= 15 is 0 Å². The van der Waals surface area contributed by atoms with Crippen LogP contribution < -0.4 is 15.9 Å². The summed E-state index contributed by atoms with van der Waals surface area (Å²) in [4.78, 5) is 24.3. The van der Waals surface area contributed by atoms with E-state index < -0.39 is 13.7 Å². The number of unbranched alkanes of at least 4 members (excludes halogenated alkanes) is 4. The van der Waals surface area contributed by atoms with E-state index in [1.165, 1.54) is 82.9 Å². The normalized spacial score (nSPS) is 13.2. The molecule has 0 spiro atoms. The first-order valence-electron chi connectivity index (χ1n) is 17.7. The fourth-order valence-corrected chi connectivity index (χ4v) is 19.5. The third kappa shape index (κ3) is 9.29. The summed E-state index contributed by atoms with van der Waals surface area (Å²) in [5.74, 6) is -0.289. The maximum absolute atomic E-state index is 12.4. The van der Waals surface area contributed by atoms with E-state index in [2.05, 4.69) is 71.0 Å². The number of carbonyl (C=O) groups excluding carboxylic acids is 2. The van der Waals surface area contributed by atoms with E-state index in [0.717, 1.165) is 15.9 Å². The maximum atomic E-state index is 12.4. The molecule has 0 fully saturated rings. The van der Waals surface area contributed by atoms with Crippen LogP contribution >= 0.6 is 13.7 Å². The van der Waals surface area contributed by atoms with Gasteiger partial charge in [-0.2, -0.15) is 0 Å². The van der Waals surface area contributed by atoms with Gasteiger partial charge < -0.3 is 0 Å². The summed E-state index contributed by atoms with van der Waals surface area (Å²) < 4.78 is 12.8. The first kappa shape index (κ1) is 39.6. The van der Waals surface area contributed by atoms with E-state index in [0.29, 0.717) is 6.16 Å². The fraction of sp³-hybridized carbons (Fsp3) is 0.500. The van der Waals surface area contributed by atoms with Crippen molar-refractivity contribution < 1.29 is 18.6 Å². The second-order valence-electron chi connectivity index (χ2n) is 12.9. The van der Waals surface area contributed by atoms with Crippen LogP contribution in [-0.2, 0) is 18.6 Å². The van der Waals surface area contributed by atoms with E-state index in [-0.39, 0.29) is 11.9 Å². The van der Waals surface area contributed by atoms with E-state index in [4.69, 9.17) is 9.05 Å². The summed E-state index contributed by atoms with van der Waals surface area (Å²) in [5.41, 5.74) is 0. The van der Waals surface area contributed by atoms with Gasteiger partial charge in [-0.3, -0.25) is 0 Å². The van der Waals surface area contributed by atoms with Crippen molar-refractivity contribution in [2.75, 3.05) is 30.8 Å². The first-order chi connectivity index (χ1) is 22.1. The van der Waals surface area contributed by atoms with Gasteiger partial charge in [0.05, 0.1) is 0 Å². The van der Waals surface area contributed by atoms with Crippen molar-refractivity contribution in [1.82, 2.24) is 0 Å². The predicted molar refractivity (Wildman–Crippen MR) is 205 cm³/mol. The van der Waals surface area contributed by atoms with Gasteiger partial charge in [-0.05, 0) is 0 Å². The molecule has 46 heavy (non-hydrogen) atoms. The molecule has 0 atom stereocenters. The van der Waals surface area contributed by atoms with Crippen LogP contribution in [0.2, 0.25) is 0 Å². The summed E-state index contributed by atoms with van der Waals surface area (Å²) >= 11 is 0. The molecule has 0 saturated heterocycles. The van der Waals surface area contributed by atoms with Crippen LogP contribution in [0.25, 0.3) is 0 Å². The van der Waals surface area contributed by atoms with Gasteiger partial charge in [0.2, 0.25) is 0 Å². The zero-order valence-electron chi connectivity index (χ0n) is 29.9. The fourth-order valence-electron chi connectivity index (χ4n) is 7.18. The molecule has 256 valence electrons. The Morgan fingerprint density at radius 2 is 0.761 bits per heavy atom. The Hall–Kier alpha value is -2.54. The standard InChI is InChI=1S/C22H23O2P.C18H39O2P/c1-3-25(24-19(2)23,20-13-7-4-8-14-20,21-15-9-5-10-16-21)22-17-11-6-12-18-22;1-6-10-14-21(15-11-7-2,16-12-8-3,17-13-9-4)20-18(5)19/h4-18H,3H2,1-2H3;6-17H2,1-5H3. The molecule has 0 radical (unpaired) electrons. The van der Waals surface area contributed by atoms with Gasteiger partial charge in [0.15, 0.2) is 0 Å². The number of hydrogen-bond donors (Lipinski definition) is 0. The second-order valence-corrected chi connectivity index (χ2v) is 23.3. The van der Waals surface area contributed by atoms with E-state index in [1.54, 1.807) is 6.92 Å². The minimum absolute atomic E-state index is 0.0351. The zero-order chi connectivity index (χ0) is 34.0. The number of rotatable bonds is 18. The molecular formula is C40H62O4P2. The van der Waals surface area contributed by atoms with Crippen molar-refractivity contribution in [3.63, 3.8) is 0 Å². The van der Waals surface area contributed by atoms with Gasteiger partial charge in [0.1, 0.15) is 0 Å². The van der Waals surface area contributed by atoms with Crippen molar-refractivity contribution >= 4 is 41.5 Å². The molecule has 4 nitrogen and oxygen atoms in total. The molecule has 0 aliphatic carbocycles. The quantitative estimate of drug-likeness (QED) is 0.127. The summed E-state index contributed by atoms with van der Waals surface area (Å²) in [7, 11) is 0. The van der Waals surface area contributed by atoms with Gasteiger partial charge in [-0.25, -0.2) is 0 Å². The van der Waals surface area contributed by atoms with Gasteiger partial charge in [-0.15, -0.1) is 0 Å². The average Bonchev–Trinajstić information content (AvgIpc) is 3.08. The van der Waals surface area contributed by atoms with Gasteiger partial charge in [0.25, 0.3) is 0 Å². The van der Waals surface area contributed by atoms with Crippen LogP contribution in [0.15, 0.2) is 91.0 Å². The molecule has 0 amide bonds. The van der Waals surface area contributed by atoms with E-state index in [1.807, 2.05) is 54.6 Å². The van der Waals surface area contributed by atoms with Gasteiger partial charge in [-0.1, -0.05) is 0 Å². The van der Waals surface area contributed by atoms with Crippen molar-refractivity contribution in [2.45, 2.75) is 99.8 Å². The van der Waals surface area contributed by atoms with Crippen molar-refractivity contribution in [2.24, 2.45) is 0 Å². The Bertz CT molecular complexity index is 1170. The minimum atomic E-state index is -3.37. The van der Waals surface area contributed by atoms with Gasteiger partial charge in [0, 0.05) is 0 Å². The van der Waals surface area contributed by atoms with Crippen molar-refractivity contribution in [3.05, 3.63) is 91.0 Å². The van der Waals surface area contributed by atoms with Gasteiger partial charge >= 0.3 is 282 Å². The van der Waals surface area contributed by atoms with Crippen LogP contribution in [0, 0.1) is 0 Å². The van der Waals surface area contributed by atoms with E-state index in [9.17, 15) is 9.59 Å². The molecule has 0 aliphatic rings. The van der Waals surface area contributed by atoms with Crippen LogP contribution in [0.4, 0.5) is 0 Å². The predicted octanol–water partition coefficient (Wildman–Crippen LogP) is 10.2. The van der Waals surface area contributed by atoms with Crippen molar-refractivity contribution in [3.8, 4) is 0 Å². The Balaban J connectivity index is 0.000000327.